The highest BCUT2D eigenvalue weighted by molar-refractivity contribution is 6.04. The molecule has 1 aromatic heterocycles. The summed E-state index contributed by atoms with van der Waals surface area (Å²) < 4.78 is 59.0. The molecule has 0 aliphatic carbocycles. The van der Waals surface area contributed by atoms with Gasteiger partial charge in [0.1, 0.15) is 5.82 Å². The van der Waals surface area contributed by atoms with Crippen LogP contribution in [0.4, 0.5) is 23.2 Å². The predicted molar refractivity (Wildman–Crippen MR) is 126 cm³/mol. The highest BCUT2D eigenvalue weighted by Crippen LogP contribution is 2.29. The smallest absolute Gasteiger partial charge is 0.416 e. The van der Waals surface area contributed by atoms with Gasteiger partial charge in [-0.15, -0.1) is 5.10 Å². The van der Waals surface area contributed by atoms with Crippen molar-refractivity contribution in [1.29, 1.82) is 0 Å². The number of rotatable bonds is 7. The van der Waals surface area contributed by atoms with Crippen LogP contribution < -0.4 is 10.1 Å². The van der Waals surface area contributed by atoms with Crippen molar-refractivity contribution in [3.05, 3.63) is 89.7 Å². The fourth-order valence-electron chi connectivity index (χ4n) is 3.29. The molecule has 1 amide bonds. The Balaban J connectivity index is 1.62. The Morgan fingerprint density at radius 2 is 1.72 bits per heavy atom. The number of anilines is 1. The molecule has 1 N–H and O–H groups in total. The van der Waals surface area contributed by atoms with Crippen LogP contribution in [-0.4, -0.2) is 27.3 Å². The van der Waals surface area contributed by atoms with Crippen LogP contribution in [0.5, 0.6) is 6.01 Å². The first kappa shape index (κ1) is 24.9. The van der Waals surface area contributed by atoms with E-state index in [-0.39, 0.29) is 17.5 Å². The van der Waals surface area contributed by atoms with Crippen LogP contribution in [0.2, 0.25) is 0 Å². The summed E-state index contributed by atoms with van der Waals surface area (Å²) >= 11 is 0. The van der Waals surface area contributed by atoms with Crippen molar-refractivity contribution >= 4 is 11.6 Å². The molecule has 0 unspecified atom stereocenters. The van der Waals surface area contributed by atoms with Crippen molar-refractivity contribution in [3.8, 4) is 23.1 Å². The van der Waals surface area contributed by atoms with E-state index in [1.165, 1.54) is 16.8 Å². The van der Waals surface area contributed by atoms with E-state index in [1.807, 2.05) is 13.8 Å². The average Bonchev–Trinajstić information content (AvgIpc) is 3.27. The third kappa shape index (κ3) is 5.88. The molecule has 3 aromatic carbocycles. The minimum Gasteiger partial charge on any atom is -0.462 e. The van der Waals surface area contributed by atoms with Gasteiger partial charge in [-0.1, -0.05) is 19.9 Å². The fraction of sp³-hybridized carbons (Fsp3) is 0.192. The summed E-state index contributed by atoms with van der Waals surface area (Å²) in [6.07, 6.45) is -4.49. The van der Waals surface area contributed by atoms with Gasteiger partial charge in [0.2, 0.25) is 0 Å². The lowest BCUT2D eigenvalue weighted by atomic mass is 10.1. The average molecular weight is 498 g/mol. The number of benzene rings is 3. The third-order valence-electron chi connectivity index (χ3n) is 5.06. The fourth-order valence-corrected chi connectivity index (χ4v) is 3.29. The van der Waals surface area contributed by atoms with Crippen molar-refractivity contribution in [2.24, 2.45) is 5.92 Å². The van der Waals surface area contributed by atoms with Gasteiger partial charge in [-0.2, -0.15) is 18.2 Å². The van der Waals surface area contributed by atoms with Gasteiger partial charge in [0.05, 0.1) is 17.9 Å². The summed E-state index contributed by atoms with van der Waals surface area (Å²) in [6.45, 7) is 4.37. The second-order valence-electron chi connectivity index (χ2n) is 8.42. The lowest BCUT2D eigenvalue weighted by Gasteiger charge is -2.10. The maximum absolute atomic E-state index is 13.5. The van der Waals surface area contributed by atoms with Gasteiger partial charge in [-0.3, -0.25) is 4.79 Å². The van der Waals surface area contributed by atoms with E-state index >= 15 is 0 Å². The Labute approximate surface area is 204 Å². The number of ether oxygens (including phenoxy) is 1. The molecule has 0 saturated carbocycles. The van der Waals surface area contributed by atoms with Gasteiger partial charge in [-0.05, 0) is 72.6 Å². The molecule has 0 fully saturated rings. The summed E-state index contributed by atoms with van der Waals surface area (Å²) in [5.41, 5.74) is 0.762. The van der Waals surface area contributed by atoms with Gasteiger partial charge in [-0.25, -0.2) is 9.07 Å². The number of halogens is 4. The minimum atomic E-state index is -4.49. The van der Waals surface area contributed by atoms with Crippen LogP contribution in [0, 0.1) is 11.7 Å². The highest BCUT2D eigenvalue weighted by atomic mass is 19.4. The van der Waals surface area contributed by atoms with E-state index in [4.69, 9.17) is 4.74 Å². The number of hydrogen-bond donors (Lipinski definition) is 1. The molecule has 1 heterocycles. The van der Waals surface area contributed by atoms with E-state index in [0.717, 1.165) is 24.3 Å². The Morgan fingerprint density at radius 3 is 2.36 bits per heavy atom. The van der Waals surface area contributed by atoms with Crippen molar-refractivity contribution in [2.45, 2.75) is 20.0 Å². The van der Waals surface area contributed by atoms with E-state index in [0.29, 0.717) is 29.4 Å². The zero-order valence-corrected chi connectivity index (χ0v) is 19.4. The van der Waals surface area contributed by atoms with Gasteiger partial charge in [0.25, 0.3) is 5.91 Å². The summed E-state index contributed by atoms with van der Waals surface area (Å²) in [5.74, 6) is -0.316. The third-order valence-corrected chi connectivity index (χ3v) is 5.06. The molecule has 0 atom stereocenters. The van der Waals surface area contributed by atoms with Crippen molar-refractivity contribution in [2.75, 3.05) is 11.9 Å². The first-order valence-electron chi connectivity index (χ1n) is 11.0. The normalized spacial score (nSPS) is 11.5. The van der Waals surface area contributed by atoms with Crippen molar-refractivity contribution in [1.82, 2.24) is 14.8 Å². The van der Waals surface area contributed by atoms with Crippen LogP contribution in [0.15, 0.2) is 72.8 Å². The first-order chi connectivity index (χ1) is 17.1. The van der Waals surface area contributed by atoms with Crippen molar-refractivity contribution in [3.63, 3.8) is 0 Å². The van der Waals surface area contributed by atoms with E-state index in [1.54, 1.807) is 36.4 Å². The number of alkyl halides is 3. The topological polar surface area (TPSA) is 69.0 Å². The van der Waals surface area contributed by atoms with E-state index in [9.17, 15) is 22.4 Å². The van der Waals surface area contributed by atoms with Gasteiger partial charge in [0, 0.05) is 16.8 Å². The Hall–Kier alpha value is -4.21. The van der Waals surface area contributed by atoms with Crippen LogP contribution >= 0.6 is 0 Å². The van der Waals surface area contributed by atoms with Crippen LogP contribution in [-0.2, 0) is 6.18 Å². The van der Waals surface area contributed by atoms with Gasteiger partial charge < -0.3 is 10.1 Å². The summed E-state index contributed by atoms with van der Waals surface area (Å²) in [6, 6.07) is 16.5. The quantitative estimate of drug-likeness (QED) is 0.300. The lowest BCUT2D eigenvalue weighted by molar-refractivity contribution is -0.137. The Morgan fingerprint density at radius 1 is 1.03 bits per heavy atom. The molecule has 0 spiro atoms. The van der Waals surface area contributed by atoms with E-state index < -0.39 is 23.5 Å². The van der Waals surface area contributed by atoms with E-state index in [2.05, 4.69) is 15.4 Å². The lowest BCUT2D eigenvalue weighted by Crippen LogP contribution is -2.13. The molecule has 0 radical (unpaired) electrons. The molecule has 4 rings (SSSR count). The molecule has 10 heteroatoms. The van der Waals surface area contributed by atoms with Crippen molar-refractivity contribution < 1.29 is 27.1 Å². The van der Waals surface area contributed by atoms with Gasteiger partial charge in [0.15, 0.2) is 5.82 Å². The monoisotopic (exact) mass is 498 g/mol. The summed E-state index contributed by atoms with van der Waals surface area (Å²) in [5, 5.41) is 7.11. The molecular weight excluding hydrogens is 476 g/mol. The minimum absolute atomic E-state index is 0.0746. The van der Waals surface area contributed by atoms with Gasteiger partial charge >= 0.3 is 12.2 Å². The number of amides is 1. The summed E-state index contributed by atoms with van der Waals surface area (Å²) in [7, 11) is 0. The Kier molecular flexibility index (Phi) is 7.05. The molecule has 6 nitrogen and oxygen atoms in total. The number of nitrogens with one attached hydrogen (secondary N) is 1. The number of carbonyl (C=O) groups excluding carboxylic acids is 1. The molecule has 36 heavy (non-hydrogen) atoms. The largest absolute Gasteiger partial charge is 0.462 e. The second kappa shape index (κ2) is 10.2. The zero-order valence-electron chi connectivity index (χ0n) is 19.4. The van der Waals surface area contributed by atoms with Crippen LogP contribution in [0.25, 0.3) is 17.1 Å². The molecule has 0 bridgehead atoms. The Bertz CT molecular complexity index is 1350. The number of nitrogens with zero attached hydrogens (tertiary/aromatic N) is 3. The molecule has 186 valence electrons. The maximum Gasteiger partial charge on any atom is 0.416 e. The summed E-state index contributed by atoms with van der Waals surface area (Å²) in [4.78, 5) is 17.1. The molecule has 0 saturated heterocycles. The maximum atomic E-state index is 13.5. The standard InChI is InChI=1S/C26H22F4N4O2/c1-16(2)15-36-25-32-23(17-8-12-20(27)13-9-17)34(33-25)22-5-3-4-21(14-22)31-24(35)18-6-10-19(11-7-18)26(28,29)30/h3-14,16H,15H2,1-2H3,(H,31,35). The SMILES string of the molecule is CC(C)COc1nc(-c2ccc(F)cc2)n(-c2cccc(NC(=O)c3ccc(C(F)(F)F)cc3)c2)n1. The second-order valence-corrected chi connectivity index (χ2v) is 8.42. The van der Waals surface area contributed by atoms with Crippen LogP contribution in [0.3, 0.4) is 0 Å². The molecule has 0 aliphatic heterocycles. The number of carbonyl (C=O) groups is 1. The van der Waals surface area contributed by atoms with Crippen LogP contribution in [0.1, 0.15) is 29.8 Å². The molecule has 4 aromatic rings. The number of hydrogen-bond acceptors (Lipinski definition) is 4. The predicted octanol–water partition coefficient (Wildman–Crippen LogP) is 6.38. The number of aromatic nitrogens is 3. The molecule has 0 aliphatic rings. The molecular formula is C26H22F4N4O2. The highest BCUT2D eigenvalue weighted by Gasteiger charge is 2.30. The zero-order chi connectivity index (χ0) is 25.9. The first-order valence-corrected chi connectivity index (χ1v) is 11.0.